The van der Waals surface area contributed by atoms with Gasteiger partial charge in [0, 0.05) is 18.8 Å². The molecule has 0 aliphatic carbocycles. The standard InChI is InChI=1S/C15H25NO3S/c1-4-11-20(18,19)14-7-5-13(6-8-14)16-12-15(2,3)9-10-17/h5-8,16-17H,4,9-12H2,1-3H3. The number of aliphatic hydroxyl groups excluding tert-OH is 1. The minimum atomic E-state index is -3.14. The molecule has 4 nitrogen and oxygen atoms in total. The fraction of sp³-hybridized carbons (Fsp3) is 0.600. The first-order valence-electron chi connectivity index (χ1n) is 6.98. The van der Waals surface area contributed by atoms with E-state index in [1.807, 2.05) is 6.92 Å². The molecule has 0 saturated carbocycles. The molecular weight excluding hydrogens is 274 g/mol. The summed E-state index contributed by atoms with van der Waals surface area (Å²) in [6.07, 6.45) is 1.35. The molecule has 0 aliphatic heterocycles. The van der Waals surface area contributed by atoms with Crippen molar-refractivity contribution in [3.8, 4) is 0 Å². The molecule has 2 N–H and O–H groups in total. The van der Waals surface area contributed by atoms with Crippen molar-refractivity contribution in [1.29, 1.82) is 0 Å². The van der Waals surface area contributed by atoms with Crippen LogP contribution in [-0.2, 0) is 9.84 Å². The van der Waals surface area contributed by atoms with Crippen LogP contribution in [-0.4, -0.2) is 32.4 Å². The molecule has 0 bridgehead atoms. The van der Waals surface area contributed by atoms with Gasteiger partial charge in [0.25, 0.3) is 0 Å². The molecule has 0 spiro atoms. The van der Waals surface area contributed by atoms with Crippen molar-refractivity contribution >= 4 is 15.5 Å². The molecule has 0 amide bonds. The van der Waals surface area contributed by atoms with Crippen molar-refractivity contribution in [3.05, 3.63) is 24.3 Å². The van der Waals surface area contributed by atoms with Crippen LogP contribution in [0.1, 0.15) is 33.6 Å². The third-order valence-corrected chi connectivity index (χ3v) is 5.18. The summed E-state index contributed by atoms with van der Waals surface area (Å²) in [7, 11) is -3.14. The van der Waals surface area contributed by atoms with E-state index < -0.39 is 9.84 Å². The molecule has 1 aromatic carbocycles. The van der Waals surface area contributed by atoms with Gasteiger partial charge >= 0.3 is 0 Å². The molecular formula is C15H25NO3S. The summed E-state index contributed by atoms with van der Waals surface area (Å²) in [5, 5.41) is 12.3. The van der Waals surface area contributed by atoms with Gasteiger partial charge < -0.3 is 10.4 Å². The Balaban J connectivity index is 2.68. The molecule has 20 heavy (non-hydrogen) atoms. The molecule has 0 aromatic heterocycles. The van der Waals surface area contributed by atoms with E-state index in [-0.39, 0.29) is 17.8 Å². The van der Waals surface area contributed by atoms with Crippen LogP contribution >= 0.6 is 0 Å². The Bertz CT molecular complexity index is 506. The number of hydrogen-bond acceptors (Lipinski definition) is 4. The third kappa shape index (κ3) is 5.13. The Kier molecular flexibility index (Phi) is 6.02. The summed E-state index contributed by atoms with van der Waals surface area (Å²) in [6.45, 7) is 6.92. The molecule has 0 aliphatic rings. The van der Waals surface area contributed by atoms with Crippen LogP contribution in [0.15, 0.2) is 29.2 Å². The van der Waals surface area contributed by atoms with Gasteiger partial charge in [-0.05, 0) is 42.5 Å². The molecule has 0 fully saturated rings. The number of hydrogen-bond donors (Lipinski definition) is 2. The zero-order chi connectivity index (χ0) is 15.2. The van der Waals surface area contributed by atoms with Gasteiger partial charge in [-0.2, -0.15) is 0 Å². The highest BCUT2D eigenvalue weighted by molar-refractivity contribution is 7.91. The van der Waals surface area contributed by atoms with E-state index in [0.717, 1.165) is 18.7 Å². The Morgan fingerprint density at radius 1 is 1.20 bits per heavy atom. The Morgan fingerprint density at radius 3 is 2.30 bits per heavy atom. The van der Waals surface area contributed by atoms with E-state index in [1.54, 1.807) is 24.3 Å². The van der Waals surface area contributed by atoms with Gasteiger partial charge in [0.1, 0.15) is 0 Å². The van der Waals surface area contributed by atoms with Gasteiger partial charge in [-0.3, -0.25) is 0 Å². The maximum absolute atomic E-state index is 11.9. The van der Waals surface area contributed by atoms with E-state index in [2.05, 4.69) is 19.2 Å². The lowest BCUT2D eigenvalue weighted by atomic mass is 9.90. The molecule has 0 heterocycles. The summed E-state index contributed by atoms with van der Waals surface area (Å²) in [5.74, 6) is 0.184. The molecule has 1 aromatic rings. The summed E-state index contributed by atoms with van der Waals surface area (Å²) in [4.78, 5) is 0.375. The van der Waals surface area contributed by atoms with Gasteiger partial charge in [0.15, 0.2) is 9.84 Å². The lowest BCUT2D eigenvalue weighted by Gasteiger charge is -2.24. The summed E-state index contributed by atoms with van der Waals surface area (Å²) in [5.41, 5.74) is 0.897. The maximum atomic E-state index is 11.9. The van der Waals surface area contributed by atoms with E-state index >= 15 is 0 Å². The third-order valence-electron chi connectivity index (χ3n) is 3.25. The minimum absolute atomic E-state index is 0.00169. The zero-order valence-corrected chi connectivity index (χ0v) is 13.3. The molecule has 0 atom stereocenters. The quantitative estimate of drug-likeness (QED) is 0.774. The van der Waals surface area contributed by atoms with Crippen molar-refractivity contribution in [2.24, 2.45) is 5.41 Å². The van der Waals surface area contributed by atoms with Gasteiger partial charge in [0.2, 0.25) is 0 Å². The van der Waals surface area contributed by atoms with E-state index in [9.17, 15) is 8.42 Å². The predicted octanol–water partition coefficient (Wildman–Crippen LogP) is 2.69. The molecule has 1 rings (SSSR count). The second kappa shape index (κ2) is 7.09. The van der Waals surface area contributed by atoms with Crippen LogP contribution in [0.3, 0.4) is 0 Å². The highest BCUT2D eigenvalue weighted by atomic mass is 32.2. The second-order valence-electron chi connectivity index (χ2n) is 5.83. The van der Waals surface area contributed by atoms with Crippen LogP contribution in [0, 0.1) is 5.41 Å². The van der Waals surface area contributed by atoms with Gasteiger partial charge in [0.05, 0.1) is 10.6 Å². The fourth-order valence-corrected chi connectivity index (χ4v) is 3.22. The molecule has 0 saturated heterocycles. The van der Waals surface area contributed by atoms with Crippen molar-refractivity contribution in [2.45, 2.75) is 38.5 Å². The molecule has 0 unspecified atom stereocenters. The monoisotopic (exact) mass is 299 g/mol. The molecule has 5 heteroatoms. The van der Waals surface area contributed by atoms with Crippen LogP contribution in [0.4, 0.5) is 5.69 Å². The van der Waals surface area contributed by atoms with Gasteiger partial charge in [-0.1, -0.05) is 20.8 Å². The number of benzene rings is 1. The number of aliphatic hydroxyl groups is 1. The minimum Gasteiger partial charge on any atom is -0.396 e. The van der Waals surface area contributed by atoms with Crippen LogP contribution in [0.25, 0.3) is 0 Å². The summed E-state index contributed by atoms with van der Waals surface area (Å²) >= 11 is 0. The van der Waals surface area contributed by atoms with Crippen LogP contribution in [0.2, 0.25) is 0 Å². The fourth-order valence-electron chi connectivity index (χ4n) is 1.90. The van der Waals surface area contributed by atoms with Crippen molar-refractivity contribution in [3.63, 3.8) is 0 Å². The predicted molar refractivity (Wildman–Crippen MR) is 82.8 cm³/mol. The Labute approximate surface area is 122 Å². The SMILES string of the molecule is CCCS(=O)(=O)c1ccc(NCC(C)(C)CCO)cc1. The van der Waals surface area contributed by atoms with E-state index in [1.165, 1.54) is 0 Å². The lowest BCUT2D eigenvalue weighted by Crippen LogP contribution is -2.24. The van der Waals surface area contributed by atoms with Gasteiger partial charge in [-0.25, -0.2) is 8.42 Å². The second-order valence-corrected chi connectivity index (χ2v) is 7.94. The Hall–Kier alpha value is -1.07. The smallest absolute Gasteiger partial charge is 0.178 e. The maximum Gasteiger partial charge on any atom is 0.178 e. The molecule has 114 valence electrons. The Morgan fingerprint density at radius 2 is 1.80 bits per heavy atom. The molecule has 0 radical (unpaired) electrons. The van der Waals surface area contributed by atoms with E-state index in [4.69, 9.17) is 5.11 Å². The normalized spacial score (nSPS) is 12.4. The van der Waals surface area contributed by atoms with E-state index in [0.29, 0.717) is 11.3 Å². The zero-order valence-electron chi connectivity index (χ0n) is 12.5. The van der Waals surface area contributed by atoms with Crippen LogP contribution < -0.4 is 5.32 Å². The first-order chi connectivity index (χ1) is 9.30. The van der Waals surface area contributed by atoms with Crippen molar-refractivity contribution < 1.29 is 13.5 Å². The topological polar surface area (TPSA) is 66.4 Å². The number of anilines is 1. The number of rotatable bonds is 8. The van der Waals surface area contributed by atoms with Crippen LogP contribution in [0.5, 0.6) is 0 Å². The first-order valence-corrected chi connectivity index (χ1v) is 8.63. The van der Waals surface area contributed by atoms with Crippen molar-refractivity contribution in [1.82, 2.24) is 0 Å². The summed E-state index contributed by atoms with van der Waals surface area (Å²) < 4.78 is 23.8. The van der Waals surface area contributed by atoms with Gasteiger partial charge in [-0.15, -0.1) is 0 Å². The number of nitrogens with one attached hydrogen (secondary N) is 1. The summed E-state index contributed by atoms with van der Waals surface area (Å²) in [6, 6.07) is 6.87. The first kappa shape index (κ1) is 17.0. The largest absolute Gasteiger partial charge is 0.396 e. The number of sulfone groups is 1. The average molecular weight is 299 g/mol. The highest BCUT2D eigenvalue weighted by Gasteiger charge is 2.17. The lowest BCUT2D eigenvalue weighted by molar-refractivity contribution is 0.220. The van der Waals surface area contributed by atoms with Crippen molar-refractivity contribution in [2.75, 3.05) is 24.2 Å². The average Bonchev–Trinajstić information content (AvgIpc) is 2.37. The highest BCUT2D eigenvalue weighted by Crippen LogP contribution is 2.22.